The van der Waals surface area contributed by atoms with Gasteiger partial charge in [0.2, 0.25) is 10.0 Å². The molecule has 0 radical (unpaired) electrons. The van der Waals surface area contributed by atoms with E-state index in [4.69, 9.17) is 9.47 Å². The molecule has 3 aromatic rings. The van der Waals surface area contributed by atoms with Gasteiger partial charge in [0, 0.05) is 30.8 Å². The highest BCUT2D eigenvalue weighted by molar-refractivity contribution is 7.90. The molecule has 1 heterocycles. The molecule has 0 fully saturated rings. The van der Waals surface area contributed by atoms with Crippen molar-refractivity contribution < 1.29 is 27.6 Å². The van der Waals surface area contributed by atoms with E-state index < -0.39 is 20.9 Å². The van der Waals surface area contributed by atoms with Crippen LogP contribution in [0, 0.1) is 10.1 Å². The van der Waals surface area contributed by atoms with Crippen LogP contribution >= 0.6 is 0 Å². The first-order chi connectivity index (χ1) is 17.7. The molecule has 0 bridgehead atoms. The molecule has 4 rings (SSSR count). The zero-order chi connectivity index (χ0) is 26.6. The van der Waals surface area contributed by atoms with E-state index in [0.717, 1.165) is 22.8 Å². The first-order valence-corrected chi connectivity index (χ1v) is 13.2. The molecule has 0 saturated heterocycles. The zero-order valence-corrected chi connectivity index (χ0v) is 21.2. The van der Waals surface area contributed by atoms with Gasteiger partial charge in [-0.25, -0.2) is 13.1 Å². The van der Waals surface area contributed by atoms with E-state index in [-0.39, 0.29) is 29.6 Å². The number of nitrogens with one attached hydrogen (secondary N) is 1. The minimum absolute atomic E-state index is 0.104. The number of carbonyl (C=O) groups is 1. The Morgan fingerprint density at radius 2 is 1.76 bits per heavy atom. The molecule has 1 amide bonds. The van der Waals surface area contributed by atoms with Crippen LogP contribution in [0.25, 0.3) is 0 Å². The lowest BCUT2D eigenvalue weighted by molar-refractivity contribution is -0.384. The lowest BCUT2D eigenvalue weighted by Crippen LogP contribution is -2.42. The van der Waals surface area contributed by atoms with Gasteiger partial charge in [-0.15, -0.1) is 0 Å². The van der Waals surface area contributed by atoms with Crippen molar-refractivity contribution in [3.05, 3.63) is 99.1 Å². The topological polar surface area (TPSA) is 128 Å². The van der Waals surface area contributed by atoms with Crippen LogP contribution in [0.1, 0.15) is 33.1 Å². The molecule has 1 N–H and O–H groups in total. The molecule has 11 heteroatoms. The highest BCUT2D eigenvalue weighted by Crippen LogP contribution is 2.40. The number of non-ortho nitro benzene ring substituents is 1. The van der Waals surface area contributed by atoms with Crippen molar-refractivity contribution in [2.24, 2.45) is 0 Å². The number of nitro groups is 1. The molecule has 1 atom stereocenters. The summed E-state index contributed by atoms with van der Waals surface area (Å²) < 4.78 is 38.6. The quantitative estimate of drug-likeness (QED) is 0.333. The number of methoxy groups -OCH3 is 2. The van der Waals surface area contributed by atoms with Gasteiger partial charge in [-0.3, -0.25) is 19.8 Å². The van der Waals surface area contributed by atoms with Gasteiger partial charge in [-0.2, -0.15) is 0 Å². The summed E-state index contributed by atoms with van der Waals surface area (Å²) in [5.41, 5.74) is 2.68. The second-order valence-electron chi connectivity index (χ2n) is 8.56. The highest BCUT2D eigenvalue weighted by atomic mass is 32.2. The fourth-order valence-corrected chi connectivity index (χ4v) is 5.49. The molecule has 1 aliphatic heterocycles. The molecule has 1 aliphatic rings. The smallest absolute Gasteiger partial charge is 0.270 e. The monoisotopic (exact) mass is 525 g/mol. The van der Waals surface area contributed by atoms with E-state index in [0.29, 0.717) is 24.5 Å². The number of nitro benzene ring substituents is 1. The molecular weight excluding hydrogens is 498 g/mol. The lowest BCUT2D eigenvalue weighted by atomic mass is 9.87. The third-order valence-corrected chi connectivity index (χ3v) is 7.52. The van der Waals surface area contributed by atoms with Crippen LogP contribution in [0.4, 0.5) is 5.69 Å². The van der Waals surface area contributed by atoms with E-state index in [1.165, 1.54) is 18.2 Å². The molecule has 3 aromatic carbocycles. The van der Waals surface area contributed by atoms with Gasteiger partial charge < -0.3 is 9.47 Å². The maximum atomic E-state index is 12.8. The summed E-state index contributed by atoms with van der Waals surface area (Å²) in [7, 11) is -0.871. The molecule has 37 heavy (non-hydrogen) atoms. The number of carbonyl (C=O) groups excluding carboxylic acids is 1. The Labute approximate surface area is 215 Å². The molecule has 10 nitrogen and oxygen atoms in total. The lowest BCUT2D eigenvalue weighted by Gasteiger charge is -2.38. The number of rotatable bonds is 9. The predicted molar refractivity (Wildman–Crippen MR) is 137 cm³/mol. The molecule has 0 saturated carbocycles. The van der Waals surface area contributed by atoms with Gasteiger partial charge in [-0.1, -0.05) is 36.4 Å². The number of fused-ring (bicyclic) bond motifs is 1. The van der Waals surface area contributed by atoms with Crippen molar-refractivity contribution in [2.75, 3.05) is 33.1 Å². The largest absolute Gasteiger partial charge is 0.493 e. The summed E-state index contributed by atoms with van der Waals surface area (Å²) in [6, 6.07) is 18.3. The van der Waals surface area contributed by atoms with Crippen molar-refractivity contribution in [1.29, 1.82) is 0 Å². The van der Waals surface area contributed by atoms with Crippen LogP contribution in [0.5, 0.6) is 11.5 Å². The zero-order valence-electron chi connectivity index (χ0n) is 20.4. The van der Waals surface area contributed by atoms with Gasteiger partial charge in [0.05, 0.1) is 30.9 Å². The second kappa shape index (κ2) is 11.0. The van der Waals surface area contributed by atoms with Gasteiger partial charge in [-0.05, 0) is 41.3 Å². The number of hydrogen-bond donors (Lipinski definition) is 1. The van der Waals surface area contributed by atoms with E-state index >= 15 is 0 Å². The fraction of sp³-hybridized carbons (Fsp3) is 0.269. The highest BCUT2D eigenvalue weighted by Gasteiger charge is 2.31. The molecule has 1 unspecified atom stereocenters. The van der Waals surface area contributed by atoms with Crippen LogP contribution in [0.3, 0.4) is 0 Å². The van der Waals surface area contributed by atoms with Crippen LogP contribution in [0.15, 0.2) is 66.7 Å². The number of sulfonamides is 1. The standard InChI is InChI=1S/C26H27N3O7S/c1-35-23-16-19-11-12-28(25(18-7-4-3-5-8-18)22(19)17-24(23)36-2)13-14-37(33,34)27-26(30)20-9-6-10-21(15-20)29(31)32/h3-10,15-17,25H,11-14H2,1-2H3,(H,27,30). The fourth-order valence-electron chi connectivity index (χ4n) is 4.51. The summed E-state index contributed by atoms with van der Waals surface area (Å²) in [6.45, 7) is 0.751. The van der Waals surface area contributed by atoms with Crippen molar-refractivity contribution in [1.82, 2.24) is 9.62 Å². The molecule has 0 spiro atoms. The number of nitrogens with zero attached hydrogens (tertiary/aromatic N) is 2. The van der Waals surface area contributed by atoms with E-state index in [1.807, 2.05) is 47.2 Å². The predicted octanol–water partition coefficient (Wildman–Crippen LogP) is 3.32. The summed E-state index contributed by atoms with van der Waals surface area (Å²) >= 11 is 0. The van der Waals surface area contributed by atoms with Crippen molar-refractivity contribution in [3.8, 4) is 11.5 Å². The summed E-state index contributed by atoms with van der Waals surface area (Å²) in [6.07, 6.45) is 0.680. The number of hydrogen-bond acceptors (Lipinski definition) is 8. The number of amides is 1. The summed E-state index contributed by atoms with van der Waals surface area (Å²) in [5, 5.41) is 11.0. The third kappa shape index (κ3) is 5.89. The van der Waals surface area contributed by atoms with Crippen molar-refractivity contribution in [2.45, 2.75) is 12.5 Å². The Balaban J connectivity index is 1.56. The normalized spacial score (nSPS) is 15.5. The van der Waals surface area contributed by atoms with Crippen LogP contribution in [0.2, 0.25) is 0 Å². The molecule has 0 aliphatic carbocycles. The average Bonchev–Trinajstić information content (AvgIpc) is 2.91. The summed E-state index contributed by atoms with van der Waals surface area (Å²) in [5.74, 6) is -0.0300. The maximum absolute atomic E-state index is 12.8. The van der Waals surface area contributed by atoms with Gasteiger partial charge >= 0.3 is 0 Å². The Morgan fingerprint density at radius 1 is 1.05 bits per heavy atom. The van der Waals surface area contributed by atoms with Crippen LogP contribution in [-0.2, 0) is 16.4 Å². The Morgan fingerprint density at radius 3 is 2.43 bits per heavy atom. The first kappa shape index (κ1) is 26.1. The molecular formula is C26H27N3O7S. The van der Waals surface area contributed by atoms with E-state index in [2.05, 4.69) is 4.90 Å². The number of ether oxygens (including phenoxy) is 2. The first-order valence-electron chi connectivity index (χ1n) is 11.6. The number of benzene rings is 3. The average molecular weight is 526 g/mol. The Hall–Kier alpha value is -3.96. The van der Waals surface area contributed by atoms with Crippen molar-refractivity contribution >= 4 is 21.6 Å². The van der Waals surface area contributed by atoms with E-state index in [9.17, 15) is 23.3 Å². The van der Waals surface area contributed by atoms with Gasteiger partial charge in [0.1, 0.15) is 0 Å². The Kier molecular flexibility index (Phi) is 7.74. The second-order valence-corrected chi connectivity index (χ2v) is 10.4. The molecule has 194 valence electrons. The minimum Gasteiger partial charge on any atom is -0.493 e. The van der Waals surface area contributed by atoms with Gasteiger partial charge in [0.15, 0.2) is 11.5 Å². The van der Waals surface area contributed by atoms with Crippen molar-refractivity contribution in [3.63, 3.8) is 0 Å². The Bertz CT molecular complexity index is 1410. The minimum atomic E-state index is -4.02. The van der Waals surface area contributed by atoms with E-state index in [1.54, 1.807) is 14.2 Å². The summed E-state index contributed by atoms with van der Waals surface area (Å²) in [4.78, 5) is 24.9. The SMILES string of the molecule is COc1cc2c(cc1OC)C(c1ccccc1)N(CCS(=O)(=O)NC(=O)c1cccc([N+](=O)[O-])c1)CC2. The van der Waals surface area contributed by atoms with Gasteiger partial charge in [0.25, 0.3) is 11.6 Å². The van der Waals surface area contributed by atoms with Crippen LogP contribution in [-0.4, -0.2) is 57.2 Å². The maximum Gasteiger partial charge on any atom is 0.270 e. The van der Waals surface area contributed by atoms with Crippen LogP contribution < -0.4 is 14.2 Å². The molecule has 0 aromatic heterocycles. The third-order valence-electron chi connectivity index (χ3n) is 6.30.